The van der Waals surface area contributed by atoms with E-state index in [4.69, 9.17) is 9.97 Å². The largest absolute Gasteiger partial charge is 0.431 e. The van der Waals surface area contributed by atoms with Crippen LogP contribution in [0.5, 0.6) is 0 Å². The van der Waals surface area contributed by atoms with Crippen molar-refractivity contribution in [2.75, 3.05) is 18.0 Å². The first-order valence-electron chi connectivity index (χ1n) is 10.5. The minimum absolute atomic E-state index is 0.126. The fourth-order valence-corrected chi connectivity index (χ4v) is 4.45. The van der Waals surface area contributed by atoms with E-state index in [1.807, 2.05) is 11.1 Å². The van der Waals surface area contributed by atoms with Gasteiger partial charge in [0.1, 0.15) is 17.2 Å². The normalized spacial score (nSPS) is 19.4. The van der Waals surface area contributed by atoms with Crippen molar-refractivity contribution >= 4 is 27.8 Å². The van der Waals surface area contributed by atoms with E-state index in [0.29, 0.717) is 53.5 Å². The molecule has 2 aliphatic rings. The summed E-state index contributed by atoms with van der Waals surface area (Å²) in [5.41, 5.74) is 1.45. The van der Waals surface area contributed by atoms with Gasteiger partial charge in [0.15, 0.2) is 5.82 Å². The standard InChI is InChI=1S/C22H19F3N6O/c23-22(24,25)17-7-14-13(3-5-27-19(14)29-17)20-28-16-9-26-8-15(11-1-2-11)18(16)21(30-20)31-6-4-12(32)10-31/h3,5,7-9,11-12,32H,1-2,4,6,10H2,(H,27,29). The summed E-state index contributed by atoms with van der Waals surface area (Å²) in [4.78, 5) is 22.3. The van der Waals surface area contributed by atoms with Crippen LogP contribution in [0.4, 0.5) is 19.0 Å². The van der Waals surface area contributed by atoms with Gasteiger partial charge in [-0.2, -0.15) is 13.2 Å². The molecule has 1 unspecified atom stereocenters. The number of fused-ring (bicyclic) bond motifs is 2. The maximum Gasteiger partial charge on any atom is 0.431 e. The Morgan fingerprint density at radius 3 is 2.69 bits per heavy atom. The van der Waals surface area contributed by atoms with Crippen molar-refractivity contribution in [3.63, 3.8) is 0 Å². The molecule has 1 saturated carbocycles. The minimum Gasteiger partial charge on any atom is -0.391 e. The molecule has 1 saturated heterocycles. The SMILES string of the molecule is OC1CCN(c2nc(-c3ccnc4[nH]c(C(F)(F)F)cc34)nc3cncc(C4CC4)c23)C1. The zero-order valence-electron chi connectivity index (χ0n) is 16.9. The van der Waals surface area contributed by atoms with Crippen LogP contribution in [0.2, 0.25) is 0 Å². The number of nitrogens with one attached hydrogen (secondary N) is 1. The quantitative estimate of drug-likeness (QED) is 0.500. The second-order valence-electron chi connectivity index (χ2n) is 8.46. The van der Waals surface area contributed by atoms with Gasteiger partial charge in [0.2, 0.25) is 0 Å². The zero-order valence-corrected chi connectivity index (χ0v) is 16.9. The second-order valence-corrected chi connectivity index (χ2v) is 8.46. The van der Waals surface area contributed by atoms with Crippen molar-refractivity contribution in [2.45, 2.75) is 37.5 Å². The molecular weight excluding hydrogens is 421 g/mol. The third-order valence-corrected chi connectivity index (χ3v) is 6.18. The molecule has 7 nitrogen and oxygen atoms in total. The summed E-state index contributed by atoms with van der Waals surface area (Å²) >= 11 is 0. The van der Waals surface area contributed by atoms with Crippen LogP contribution in [-0.4, -0.2) is 49.2 Å². The van der Waals surface area contributed by atoms with Gasteiger partial charge in [-0.3, -0.25) is 4.98 Å². The molecule has 6 rings (SSSR count). The van der Waals surface area contributed by atoms with Crippen LogP contribution in [0.25, 0.3) is 33.3 Å². The molecule has 4 aromatic heterocycles. The molecule has 5 heterocycles. The number of anilines is 1. The number of alkyl halides is 3. The monoisotopic (exact) mass is 440 g/mol. The highest BCUT2D eigenvalue weighted by Crippen LogP contribution is 2.45. The maximum absolute atomic E-state index is 13.3. The molecule has 4 aromatic rings. The molecule has 0 spiro atoms. The summed E-state index contributed by atoms with van der Waals surface area (Å²) in [7, 11) is 0. The lowest BCUT2D eigenvalue weighted by Gasteiger charge is -2.21. The molecule has 32 heavy (non-hydrogen) atoms. The number of hydrogen-bond acceptors (Lipinski definition) is 6. The van der Waals surface area contributed by atoms with E-state index in [1.165, 1.54) is 6.20 Å². The Labute approximate surface area is 180 Å². The van der Waals surface area contributed by atoms with Crippen molar-refractivity contribution in [3.05, 3.63) is 42.0 Å². The number of aromatic nitrogens is 5. The summed E-state index contributed by atoms with van der Waals surface area (Å²) in [6.45, 7) is 1.10. The summed E-state index contributed by atoms with van der Waals surface area (Å²) < 4.78 is 39.8. The molecule has 0 aromatic carbocycles. The molecule has 1 atom stereocenters. The van der Waals surface area contributed by atoms with E-state index in [0.717, 1.165) is 29.9 Å². The highest BCUT2D eigenvalue weighted by atomic mass is 19.4. The van der Waals surface area contributed by atoms with Gasteiger partial charge in [-0.1, -0.05) is 0 Å². The van der Waals surface area contributed by atoms with Gasteiger partial charge in [0, 0.05) is 41.8 Å². The fourth-order valence-electron chi connectivity index (χ4n) is 4.45. The van der Waals surface area contributed by atoms with Gasteiger partial charge in [0.05, 0.1) is 17.8 Å². The lowest BCUT2D eigenvalue weighted by Crippen LogP contribution is -2.23. The Morgan fingerprint density at radius 2 is 1.97 bits per heavy atom. The number of hydrogen-bond donors (Lipinski definition) is 2. The first-order valence-corrected chi connectivity index (χ1v) is 10.5. The molecule has 0 amide bonds. The van der Waals surface area contributed by atoms with Crippen molar-refractivity contribution in [1.82, 2.24) is 24.9 Å². The highest BCUT2D eigenvalue weighted by Gasteiger charge is 2.34. The molecule has 0 bridgehead atoms. The number of halogens is 3. The van der Waals surface area contributed by atoms with Crippen LogP contribution in [0.15, 0.2) is 30.7 Å². The average Bonchev–Trinajstić information content (AvgIpc) is 3.35. The topological polar surface area (TPSA) is 90.8 Å². The van der Waals surface area contributed by atoms with Gasteiger partial charge >= 0.3 is 6.18 Å². The number of nitrogens with zero attached hydrogens (tertiary/aromatic N) is 5. The Balaban J connectivity index is 1.59. The number of pyridine rings is 2. The molecule has 2 N–H and O–H groups in total. The number of aromatic amines is 1. The summed E-state index contributed by atoms with van der Waals surface area (Å²) in [5.74, 6) is 1.42. The van der Waals surface area contributed by atoms with Crippen molar-refractivity contribution in [2.24, 2.45) is 0 Å². The molecule has 2 fully saturated rings. The molecule has 0 radical (unpaired) electrons. The van der Waals surface area contributed by atoms with E-state index in [1.54, 1.807) is 12.3 Å². The second kappa shape index (κ2) is 6.86. The summed E-state index contributed by atoms with van der Waals surface area (Å²) in [5, 5.41) is 11.3. The van der Waals surface area contributed by atoms with Crippen LogP contribution in [0.3, 0.4) is 0 Å². The number of aliphatic hydroxyl groups excluding tert-OH is 1. The van der Waals surface area contributed by atoms with Crippen LogP contribution in [0, 0.1) is 0 Å². The van der Waals surface area contributed by atoms with E-state index in [2.05, 4.69) is 15.0 Å². The third-order valence-electron chi connectivity index (χ3n) is 6.18. The highest BCUT2D eigenvalue weighted by molar-refractivity contribution is 5.97. The lowest BCUT2D eigenvalue weighted by atomic mass is 10.1. The Morgan fingerprint density at radius 1 is 1.12 bits per heavy atom. The zero-order chi connectivity index (χ0) is 22.0. The fraction of sp³-hybridized carbons (Fsp3) is 0.364. The number of β-amino-alcohol motifs (C(OH)–C–C–N with tert-alkyl or cyclic N) is 1. The van der Waals surface area contributed by atoms with Crippen LogP contribution in [0.1, 0.15) is 36.4 Å². The smallest absolute Gasteiger partial charge is 0.391 e. The first-order chi connectivity index (χ1) is 15.4. The van der Waals surface area contributed by atoms with E-state index < -0.39 is 18.0 Å². The predicted octanol–water partition coefficient (Wildman–Crippen LogP) is 4.04. The van der Waals surface area contributed by atoms with Crippen LogP contribution in [-0.2, 0) is 6.18 Å². The molecule has 1 aliphatic carbocycles. The Kier molecular flexibility index (Phi) is 4.16. The van der Waals surface area contributed by atoms with E-state index in [9.17, 15) is 18.3 Å². The molecular formula is C22H19F3N6O. The number of aliphatic hydroxyl groups is 1. The van der Waals surface area contributed by atoms with E-state index >= 15 is 0 Å². The first kappa shape index (κ1) is 19.4. The summed E-state index contributed by atoms with van der Waals surface area (Å²) in [6, 6.07) is 2.67. The number of H-pyrrole nitrogens is 1. The van der Waals surface area contributed by atoms with Gasteiger partial charge in [-0.05, 0) is 42.9 Å². The van der Waals surface area contributed by atoms with Gasteiger partial charge < -0.3 is 15.0 Å². The van der Waals surface area contributed by atoms with E-state index in [-0.39, 0.29) is 5.65 Å². The Hall–Kier alpha value is -3.27. The van der Waals surface area contributed by atoms with Crippen LogP contribution >= 0.6 is 0 Å². The molecule has 1 aliphatic heterocycles. The third kappa shape index (κ3) is 3.17. The lowest BCUT2D eigenvalue weighted by molar-refractivity contribution is -0.140. The summed E-state index contributed by atoms with van der Waals surface area (Å²) in [6.07, 6.45) is 2.81. The minimum atomic E-state index is -4.51. The van der Waals surface area contributed by atoms with Gasteiger partial charge in [-0.15, -0.1) is 0 Å². The molecule has 164 valence electrons. The molecule has 10 heteroatoms. The van der Waals surface area contributed by atoms with Gasteiger partial charge in [-0.25, -0.2) is 15.0 Å². The average molecular weight is 440 g/mol. The maximum atomic E-state index is 13.3. The van der Waals surface area contributed by atoms with Gasteiger partial charge in [0.25, 0.3) is 0 Å². The predicted molar refractivity (Wildman–Crippen MR) is 112 cm³/mol. The Bertz CT molecular complexity index is 1350. The van der Waals surface area contributed by atoms with Crippen molar-refractivity contribution in [3.8, 4) is 11.4 Å². The van der Waals surface area contributed by atoms with Crippen LogP contribution < -0.4 is 4.90 Å². The van der Waals surface area contributed by atoms with Crippen molar-refractivity contribution < 1.29 is 18.3 Å². The number of rotatable bonds is 3. The van der Waals surface area contributed by atoms with Crippen molar-refractivity contribution in [1.29, 1.82) is 0 Å².